The first-order valence-corrected chi connectivity index (χ1v) is 10.3. The van der Waals surface area contributed by atoms with Gasteiger partial charge in [-0.15, -0.1) is 0 Å². The van der Waals surface area contributed by atoms with Crippen molar-refractivity contribution in [2.24, 2.45) is 0 Å². The topological polar surface area (TPSA) is 55.8 Å². The van der Waals surface area contributed by atoms with E-state index in [0.29, 0.717) is 18.3 Å². The lowest BCUT2D eigenvalue weighted by Crippen LogP contribution is -2.49. The molecule has 1 aromatic rings. The minimum Gasteiger partial charge on any atom is -0.459 e. The molecule has 1 atom stereocenters. The summed E-state index contributed by atoms with van der Waals surface area (Å²) in [7, 11) is 0. The molecule has 0 saturated carbocycles. The van der Waals surface area contributed by atoms with Crippen LogP contribution in [0.1, 0.15) is 47.1 Å². The fourth-order valence-corrected chi connectivity index (χ4v) is 3.02. The second-order valence-electron chi connectivity index (χ2n) is 8.48. The van der Waals surface area contributed by atoms with Gasteiger partial charge < -0.3 is 9.47 Å². The Kier molecular flexibility index (Phi) is 8.95. The van der Waals surface area contributed by atoms with Crippen molar-refractivity contribution in [1.29, 1.82) is 0 Å². The molecule has 1 rings (SSSR count). The van der Waals surface area contributed by atoms with Crippen molar-refractivity contribution in [3.63, 3.8) is 0 Å². The fraction of sp³-hybridized carbons (Fsp3) is 0.619. The molecule has 0 aliphatic rings. The molecule has 5 nitrogen and oxygen atoms in total. The maximum atomic E-state index is 12.9. The minimum absolute atomic E-state index is 0.0274. The number of hydrogen-bond donors (Lipinski definition) is 0. The Morgan fingerprint density at radius 1 is 1.00 bits per heavy atom. The summed E-state index contributed by atoms with van der Waals surface area (Å²) in [4.78, 5) is 27.1. The standard InChI is InChI=1S/C21H32BrNO4/c1-20(2,3)26-18(24)15-23(13-12-22)17(19(25)27-21(4,5)6)14-16-10-8-7-9-11-16/h7-11,17H,12-15H2,1-6H3/t17-/m1/s1. The largest absolute Gasteiger partial charge is 0.459 e. The first kappa shape index (κ1) is 23.6. The van der Waals surface area contributed by atoms with Crippen LogP contribution in [0.5, 0.6) is 0 Å². The van der Waals surface area contributed by atoms with Gasteiger partial charge in [0.15, 0.2) is 0 Å². The number of benzene rings is 1. The molecule has 0 N–H and O–H groups in total. The predicted molar refractivity (Wildman–Crippen MR) is 111 cm³/mol. The quantitative estimate of drug-likeness (QED) is 0.450. The maximum Gasteiger partial charge on any atom is 0.324 e. The third kappa shape index (κ3) is 9.91. The van der Waals surface area contributed by atoms with Crippen LogP contribution in [0.15, 0.2) is 30.3 Å². The van der Waals surface area contributed by atoms with Crippen LogP contribution in [0.2, 0.25) is 0 Å². The zero-order chi connectivity index (χ0) is 20.7. The molecular weight excluding hydrogens is 410 g/mol. The van der Waals surface area contributed by atoms with Gasteiger partial charge in [0.25, 0.3) is 0 Å². The van der Waals surface area contributed by atoms with Crippen LogP contribution in [0.25, 0.3) is 0 Å². The molecule has 0 fully saturated rings. The summed E-state index contributed by atoms with van der Waals surface area (Å²) < 4.78 is 11.1. The minimum atomic E-state index is -0.599. The summed E-state index contributed by atoms with van der Waals surface area (Å²) in [6, 6.07) is 9.17. The van der Waals surface area contributed by atoms with Crippen LogP contribution in [0.3, 0.4) is 0 Å². The SMILES string of the molecule is CC(C)(C)OC(=O)CN(CCBr)[C@H](Cc1ccccc1)C(=O)OC(C)(C)C. The molecule has 0 aliphatic carbocycles. The number of carbonyl (C=O) groups is 2. The average molecular weight is 442 g/mol. The molecule has 0 amide bonds. The van der Waals surface area contributed by atoms with Gasteiger partial charge in [0.05, 0.1) is 6.54 Å². The second kappa shape index (κ2) is 10.2. The lowest BCUT2D eigenvalue weighted by molar-refractivity contribution is -0.164. The van der Waals surface area contributed by atoms with Crippen LogP contribution < -0.4 is 0 Å². The van der Waals surface area contributed by atoms with Crippen molar-refractivity contribution in [2.45, 2.75) is 65.2 Å². The summed E-state index contributed by atoms with van der Waals surface area (Å²) in [5, 5.41) is 0.629. The monoisotopic (exact) mass is 441 g/mol. The Morgan fingerprint density at radius 2 is 1.56 bits per heavy atom. The lowest BCUT2D eigenvalue weighted by atomic mass is 10.0. The third-order valence-electron chi connectivity index (χ3n) is 3.52. The van der Waals surface area contributed by atoms with Crippen molar-refractivity contribution in [1.82, 2.24) is 4.90 Å². The summed E-state index contributed by atoms with van der Waals surface area (Å²) >= 11 is 3.42. The van der Waals surface area contributed by atoms with Crippen molar-refractivity contribution in [3.8, 4) is 0 Å². The number of carbonyl (C=O) groups excluding carboxylic acids is 2. The van der Waals surface area contributed by atoms with Crippen LogP contribution in [0.4, 0.5) is 0 Å². The molecule has 152 valence electrons. The van der Waals surface area contributed by atoms with E-state index in [-0.39, 0.29) is 18.5 Å². The molecule has 0 saturated heterocycles. The molecule has 6 heteroatoms. The van der Waals surface area contributed by atoms with Crippen molar-refractivity contribution >= 4 is 27.9 Å². The van der Waals surface area contributed by atoms with E-state index in [1.807, 2.05) is 76.8 Å². The highest BCUT2D eigenvalue weighted by Gasteiger charge is 2.32. The number of alkyl halides is 1. The Balaban J connectivity index is 3.05. The maximum absolute atomic E-state index is 12.9. The van der Waals surface area contributed by atoms with E-state index in [0.717, 1.165) is 5.56 Å². The molecule has 0 unspecified atom stereocenters. The van der Waals surface area contributed by atoms with Crippen LogP contribution in [-0.4, -0.2) is 52.5 Å². The summed E-state index contributed by atoms with van der Waals surface area (Å²) in [5.74, 6) is -0.694. The zero-order valence-electron chi connectivity index (χ0n) is 17.3. The van der Waals surface area contributed by atoms with Gasteiger partial charge in [-0.05, 0) is 53.5 Å². The molecule has 0 bridgehead atoms. The highest BCUT2D eigenvalue weighted by atomic mass is 79.9. The van der Waals surface area contributed by atoms with Gasteiger partial charge in [0.2, 0.25) is 0 Å². The first-order chi connectivity index (χ1) is 12.4. The Hall–Kier alpha value is -1.40. The van der Waals surface area contributed by atoms with Gasteiger partial charge in [-0.25, -0.2) is 0 Å². The normalized spacial score (nSPS) is 13.3. The number of esters is 2. The third-order valence-corrected chi connectivity index (χ3v) is 3.87. The zero-order valence-corrected chi connectivity index (χ0v) is 18.8. The second-order valence-corrected chi connectivity index (χ2v) is 9.28. The van der Waals surface area contributed by atoms with Crippen molar-refractivity contribution in [3.05, 3.63) is 35.9 Å². The number of rotatable bonds is 8. The van der Waals surface area contributed by atoms with Gasteiger partial charge >= 0.3 is 11.9 Å². The molecule has 0 aromatic heterocycles. The van der Waals surface area contributed by atoms with Gasteiger partial charge in [0, 0.05) is 11.9 Å². The van der Waals surface area contributed by atoms with Crippen LogP contribution in [-0.2, 0) is 25.5 Å². The van der Waals surface area contributed by atoms with Crippen LogP contribution in [0, 0.1) is 0 Å². The fourth-order valence-electron chi connectivity index (χ4n) is 2.56. The highest BCUT2D eigenvalue weighted by Crippen LogP contribution is 2.17. The van der Waals surface area contributed by atoms with Crippen molar-refractivity contribution in [2.75, 3.05) is 18.4 Å². The van der Waals surface area contributed by atoms with Crippen molar-refractivity contribution < 1.29 is 19.1 Å². The molecule has 1 aromatic carbocycles. The Bertz CT molecular complexity index is 605. The Morgan fingerprint density at radius 3 is 2.04 bits per heavy atom. The summed E-state index contributed by atoms with van der Waals surface area (Å²) in [5.41, 5.74) is -0.159. The average Bonchev–Trinajstić information content (AvgIpc) is 2.49. The number of hydrogen-bond acceptors (Lipinski definition) is 5. The van der Waals surface area contributed by atoms with Crippen LogP contribution >= 0.6 is 15.9 Å². The van der Waals surface area contributed by atoms with Gasteiger partial charge in [-0.1, -0.05) is 46.3 Å². The number of halogens is 1. The van der Waals surface area contributed by atoms with Gasteiger partial charge in [0.1, 0.15) is 17.2 Å². The number of nitrogens with zero attached hydrogens (tertiary/aromatic N) is 1. The first-order valence-electron chi connectivity index (χ1n) is 9.20. The molecule has 0 radical (unpaired) electrons. The van der Waals surface area contributed by atoms with E-state index in [2.05, 4.69) is 15.9 Å². The highest BCUT2D eigenvalue weighted by molar-refractivity contribution is 9.09. The predicted octanol–water partition coefficient (Wildman–Crippen LogP) is 3.98. The van der Waals surface area contributed by atoms with E-state index < -0.39 is 17.2 Å². The molecule has 0 heterocycles. The van der Waals surface area contributed by atoms with E-state index in [1.54, 1.807) is 0 Å². The van der Waals surface area contributed by atoms with E-state index in [4.69, 9.17) is 9.47 Å². The van der Waals surface area contributed by atoms with Gasteiger partial charge in [-0.3, -0.25) is 14.5 Å². The van der Waals surface area contributed by atoms with E-state index >= 15 is 0 Å². The molecular formula is C21H32BrNO4. The molecule has 0 aliphatic heterocycles. The summed E-state index contributed by atoms with van der Waals surface area (Å²) in [6.45, 7) is 11.6. The Labute approximate surface area is 171 Å². The number of ether oxygens (including phenoxy) is 2. The lowest BCUT2D eigenvalue weighted by Gasteiger charge is -2.32. The molecule has 27 heavy (non-hydrogen) atoms. The molecule has 0 spiro atoms. The van der Waals surface area contributed by atoms with E-state index in [9.17, 15) is 9.59 Å². The summed E-state index contributed by atoms with van der Waals surface area (Å²) in [6.07, 6.45) is 0.464. The smallest absolute Gasteiger partial charge is 0.324 e. The van der Waals surface area contributed by atoms with Gasteiger partial charge in [-0.2, -0.15) is 0 Å². The van der Waals surface area contributed by atoms with E-state index in [1.165, 1.54) is 0 Å².